The molecule has 136 valence electrons. The summed E-state index contributed by atoms with van der Waals surface area (Å²) in [6, 6.07) is 17.4. The third-order valence-electron chi connectivity index (χ3n) is 3.83. The van der Waals surface area contributed by atoms with Crippen molar-refractivity contribution in [3.8, 4) is 0 Å². The lowest BCUT2D eigenvalue weighted by Crippen LogP contribution is -2.43. The number of benzene rings is 1. The third-order valence-corrected chi connectivity index (χ3v) is 3.83. The summed E-state index contributed by atoms with van der Waals surface area (Å²) in [4.78, 5) is 24.2. The zero-order chi connectivity index (χ0) is 19.1. The van der Waals surface area contributed by atoms with Crippen molar-refractivity contribution in [1.29, 1.82) is 0 Å². The second-order valence-corrected chi connectivity index (χ2v) is 5.90. The molecule has 0 fully saturated rings. The van der Waals surface area contributed by atoms with Crippen molar-refractivity contribution in [2.45, 2.75) is 13.1 Å². The van der Waals surface area contributed by atoms with Gasteiger partial charge in [0.15, 0.2) is 24.8 Å². The average Bonchev–Trinajstić information content (AvgIpc) is 2.69. The average molecular weight is 364 g/mol. The van der Waals surface area contributed by atoms with Crippen LogP contribution in [-0.2, 0) is 22.7 Å². The first-order valence-corrected chi connectivity index (χ1v) is 8.42. The molecule has 2 amide bonds. The van der Waals surface area contributed by atoms with Crippen LogP contribution in [0, 0.1) is 0 Å². The molecular formula is C20H20N4O3+2. The van der Waals surface area contributed by atoms with Gasteiger partial charge in [0.25, 0.3) is 5.91 Å². The van der Waals surface area contributed by atoms with Crippen molar-refractivity contribution in [2.75, 3.05) is 10.4 Å². The second kappa shape index (κ2) is 8.68. The molecule has 2 heterocycles. The fourth-order valence-corrected chi connectivity index (χ4v) is 2.50. The molecule has 0 saturated heterocycles. The van der Waals surface area contributed by atoms with Gasteiger partial charge in [-0.3, -0.25) is 14.8 Å². The number of amides is 2. The summed E-state index contributed by atoms with van der Waals surface area (Å²) in [6.45, 7) is 0.214. The Morgan fingerprint density at radius 1 is 0.815 bits per heavy atom. The molecule has 27 heavy (non-hydrogen) atoms. The van der Waals surface area contributed by atoms with E-state index in [1.165, 1.54) is 0 Å². The van der Waals surface area contributed by atoms with E-state index in [-0.39, 0.29) is 19.0 Å². The Labute approximate surface area is 156 Å². The fourth-order valence-electron chi connectivity index (χ4n) is 2.50. The topological polar surface area (TPSA) is 77.4 Å². The first-order chi connectivity index (χ1) is 13.1. The Morgan fingerprint density at radius 3 is 1.89 bits per heavy atom. The summed E-state index contributed by atoms with van der Waals surface area (Å²) < 4.78 is 3.43. The quantitative estimate of drug-likeness (QED) is 0.393. The van der Waals surface area contributed by atoms with Crippen LogP contribution >= 0.6 is 0 Å². The van der Waals surface area contributed by atoms with Gasteiger partial charge >= 0.3 is 5.91 Å². The number of hydrogen-bond donors (Lipinski definition) is 2. The van der Waals surface area contributed by atoms with Crippen LogP contribution in [0.3, 0.4) is 0 Å². The predicted molar refractivity (Wildman–Crippen MR) is 97.6 cm³/mol. The van der Waals surface area contributed by atoms with Crippen LogP contribution in [0.4, 0.5) is 11.4 Å². The summed E-state index contributed by atoms with van der Waals surface area (Å²) in [5, 5.41) is 13.5. The monoisotopic (exact) mass is 364 g/mol. The van der Waals surface area contributed by atoms with Crippen LogP contribution in [0.2, 0.25) is 0 Å². The van der Waals surface area contributed by atoms with E-state index in [0.717, 1.165) is 0 Å². The van der Waals surface area contributed by atoms with Gasteiger partial charge in [-0.1, -0.05) is 12.1 Å². The number of aromatic nitrogens is 2. The van der Waals surface area contributed by atoms with E-state index < -0.39 is 5.91 Å². The molecule has 0 saturated carbocycles. The molecular weight excluding hydrogens is 344 g/mol. The Balaban J connectivity index is 1.57. The molecule has 0 unspecified atom stereocenters. The normalized spacial score (nSPS) is 10.3. The molecule has 0 radical (unpaired) electrons. The molecule has 2 aromatic heterocycles. The first kappa shape index (κ1) is 18.2. The third kappa shape index (κ3) is 5.20. The summed E-state index contributed by atoms with van der Waals surface area (Å²) in [5.74, 6) is -0.639. The van der Waals surface area contributed by atoms with Crippen molar-refractivity contribution in [3.63, 3.8) is 0 Å². The van der Waals surface area contributed by atoms with Gasteiger partial charge < -0.3 is 5.32 Å². The molecule has 0 aliphatic rings. The molecule has 7 heteroatoms. The van der Waals surface area contributed by atoms with Crippen LogP contribution in [0.15, 0.2) is 85.5 Å². The molecule has 3 aromatic rings. The lowest BCUT2D eigenvalue weighted by atomic mass is 10.2. The minimum Gasteiger partial charge on any atom is -0.321 e. The highest BCUT2D eigenvalue weighted by molar-refractivity contribution is 5.92. The number of carbonyl (C=O) groups is 2. The Kier molecular flexibility index (Phi) is 5.86. The van der Waals surface area contributed by atoms with Gasteiger partial charge in [0.1, 0.15) is 0 Å². The Hall–Kier alpha value is -3.58. The first-order valence-electron chi connectivity index (χ1n) is 8.42. The van der Waals surface area contributed by atoms with Crippen LogP contribution in [0.1, 0.15) is 0 Å². The van der Waals surface area contributed by atoms with Gasteiger partial charge in [0.2, 0.25) is 13.1 Å². The second-order valence-electron chi connectivity index (χ2n) is 5.90. The van der Waals surface area contributed by atoms with Crippen molar-refractivity contribution >= 4 is 23.2 Å². The highest BCUT2D eigenvalue weighted by atomic mass is 16.5. The van der Waals surface area contributed by atoms with Crippen molar-refractivity contribution in [1.82, 2.24) is 0 Å². The van der Waals surface area contributed by atoms with E-state index in [4.69, 9.17) is 0 Å². The lowest BCUT2D eigenvalue weighted by Gasteiger charge is -2.14. The highest BCUT2D eigenvalue weighted by Crippen LogP contribution is 2.16. The minimum atomic E-state index is -0.469. The van der Waals surface area contributed by atoms with Gasteiger partial charge in [-0.15, -0.1) is 0 Å². The number of rotatable bonds is 6. The van der Waals surface area contributed by atoms with E-state index in [1.54, 1.807) is 57.9 Å². The SMILES string of the molecule is O=C(C[n+]1ccccc1)Nc1ccc(N(O)C(=O)C[n+]2ccccc2)cc1. The van der Waals surface area contributed by atoms with Gasteiger partial charge in [-0.2, -0.15) is 14.2 Å². The maximum atomic E-state index is 12.2. The van der Waals surface area contributed by atoms with Gasteiger partial charge in [0.05, 0.1) is 5.69 Å². The van der Waals surface area contributed by atoms with E-state index >= 15 is 0 Å². The largest absolute Gasteiger partial charge is 0.321 e. The summed E-state index contributed by atoms with van der Waals surface area (Å²) in [6.07, 6.45) is 7.11. The molecule has 0 aliphatic carbocycles. The van der Waals surface area contributed by atoms with E-state index in [1.807, 2.05) is 36.7 Å². The smallest absolute Gasteiger partial charge is 0.316 e. The highest BCUT2D eigenvalue weighted by Gasteiger charge is 2.18. The number of carbonyl (C=O) groups excluding carboxylic acids is 2. The molecule has 0 aliphatic heterocycles. The number of nitrogens with one attached hydrogen (secondary N) is 1. The standard InChI is InChI=1S/C20H19N4O3/c25-19(15-22-11-3-1-4-12-22)21-17-7-9-18(10-8-17)24(27)20(26)16-23-13-5-2-6-14-23/h1-14,27H,15-16H2/q+1/p+1. The van der Waals surface area contributed by atoms with E-state index in [2.05, 4.69) is 5.32 Å². The van der Waals surface area contributed by atoms with Crippen LogP contribution in [0.25, 0.3) is 0 Å². The number of pyridine rings is 2. The van der Waals surface area contributed by atoms with Crippen molar-refractivity contribution in [2.24, 2.45) is 0 Å². The molecule has 2 N–H and O–H groups in total. The van der Waals surface area contributed by atoms with Gasteiger partial charge in [-0.25, -0.2) is 0 Å². The minimum absolute atomic E-state index is 0.0180. The maximum Gasteiger partial charge on any atom is 0.316 e. The maximum absolute atomic E-state index is 12.2. The van der Waals surface area contributed by atoms with E-state index in [9.17, 15) is 14.8 Å². The zero-order valence-electron chi connectivity index (χ0n) is 14.6. The van der Waals surface area contributed by atoms with Gasteiger partial charge in [0, 0.05) is 30.0 Å². The van der Waals surface area contributed by atoms with Gasteiger partial charge in [-0.05, 0) is 24.3 Å². The van der Waals surface area contributed by atoms with Crippen LogP contribution in [-0.4, -0.2) is 17.0 Å². The molecule has 0 atom stereocenters. The lowest BCUT2D eigenvalue weighted by molar-refractivity contribution is -0.684. The number of hydrogen-bond acceptors (Lipinski definition) is 3. The van der Waals surface area contributed by atoms with E-state index in [0.29, 0.717) is 16.4 Å². The molecule has 1 aromatic carbocycles. The Bertz CT molecular complexity index is 900. The molecule has 7 nitrogen and oxygen atoms in total. The zero-order valence-corrected chi connectivity index (χ0v) is 14.6. The predicted octanol–water partition coefficient (Wildman–Crippen LogP) is 1.32. The summed E-state index contributed by atoms with van der Waals surface area (Å²) >= 11 is 0. The number of nitrogens with zero attached hydrogens (tertiary/aromatic N) is 3. The van der Waals surface area contributed by atoms with Crippen molar-refractivity contribution < 1.29 is 23.9 Å². The molecule has 0 bridgehead atoms. The van der Waals surface area contributed by atoms with Crippen LogP contribution in [0.5, 0.6) is 0 Å². The number of hydroxylamine groups is 1. The summed E-state index contributed by atoms with van der Waals surface area (Å²) in [5.41, 5.74) is 0.908. The number of anilines is 2. The molecule has 3 rings (SSSR count). The van der Waals surface area contributed by atoms with Crippen LogP contribution < -0.4 is 19.5 Å². The Morgan fingerprint density at radius 2 is 1.33 bits per heavy atom. The summed E-state index contributed by atoms with van der Waals surface area (Å²) in [7, 11) is 0. The molecule has 0 spiro atoms. The van der Waals surface area contributed by atoms with Crippen molar-refractivity contribution in [3.05, 3.63) is 85.5 Å². The fraction of sp³-hybridized carbons (Fsp3) is 0.100.